The van der Waals surface area contributed by atoms with Gasteiger partial charge in [-0.25, -0.2) is 4.79 Å². The van der Waals surface area contributed by atoms with Crippen molar-refractivity contribution in [3.63, 3.8) is 0 Å². The van der Waals surface area contributed by atoms with Gasteiger partial charge in [0.05, 0.1) is 0 Å². The van der Waals surface area contributed by atoms with Crippen molar-refractivity contribution in [3.8, 4) is 5.75 Å². The van der Waals surface area contributed by atoms with Crippen molar-refractivity contribution < 1.29 is 32.5 Å². The van der Waals surface area contributed by atoms with Gasteiger partial charge in [-0.2, -0.15) is 0 Å². The number of anilines is 1. The van der Waals surface area contributed by atoms with Crippen molar-refractivity contribution in [2.24, 2.45) is 0 Å². The largest absolute Gasteiger partial charge is 0.573 e. The fraction of sp³-hybridized carbons (Fsp3) is 0.350. The molecular formula is C20H20ClF3N2O4. The van der Waals surface area contributed by atoms with Crippen LogP contribution in [0.1, 0.15) is 18.4 Å². The Morgan fingerprint density at radius 3 is 2.37 bits per heavy atom. The zero-order valence-electron chi connectivity index (χ0n) is 15.8. The maximum Gasteiger partial charge on any atom is 0.573 e. The Labute approximate surface area is 176 Å². The first-order valence-corrected chi connectivity index (χ1v) is 9.54. The normalized spacial score (nSPS) is 16.7. The van der Waals surface area contributed by atoms with Crippen LogP contribution in [0.15, 0.2) is 48.5 Å². The third-order valence-corrected chi connectivity index (χ3v) is 4.97. The number of piperidine rings is 1. The summed E-state index contributed by atoms with van der Waals surface area (Å²) in [5, 5.41) is 13.6. The zero-order valence-corrected chi connectivity index (χ0v) is 16.5. The first kappa shape index (κ1) is 22.2. The molecule has 162 valence electrons. The number of nitrogens with one attached hydrogen (secondary N) is 1. The van der Waals surface area contributed by atoms with Crippen LogP contribution in [0, 0.1) is 0 Å². The number of halogens is 4. The molecule has 0 unspecified atom stereocenters. The van der Waals surface area contributed by atoms with Gasteiger partial charge in [-0.1, -0.05) is 29.8 Å². The van der Waals surface area contributed by atoms with E-state index in [0.717, 1.165) is 17.7 Å². The average Bonchev–Trinajstić information content (AvgIpc) is 2.66. The second-order valence-corrected chi connectivity index (χ2v) is 7.31. The van der Waals surface area contributed by atoms with E-state index in [9.17, 15) is 23.1 Å². The van der Waals surface area contributed by atoms with Crippen molar-refractivity contribution in [1.82, 2.24) is 4.90 Å². The molecule has 1 aliphatic heterocycles. The second-order valence-electron chi connectivity index (χ2n) is 6.90. The number of likely N-dealkylation sites (tertiary alicyclic amines) is 1. The molecule has 2 aromatic carbocycles. The Morgan fingerprint density at radius 1 is 1.13 bits per heavy atom. The molecule has 1 saturated heterocycles. The van der Waals surface area contributed by atoms with Crippen LogP contribution < -0.4 is 10.1 Å². The number of aliphatic hydroxyl groups is 1. The van der Waals surface area contributed by atoms with E-state index < -0.39 is 24.0 Å². The number of amides is 1. The van der Waals surface area contributed by atoms with E-state index in [2.05, 4.69) is 15.0 Å². The standard InChI is InChI=1S/C20H20ClF3N2O4/c21-17-4-2-1-3-14(17)13-26-11-9-19(28,10-12-26)30-18(27)25-15-5-7-16(8-6-15)29-20(22,23)24/h1-8,28H,9-13H2,(H,25,27). The van der Waals surface area contributed by atoms with Gasteiger partial charge in [-0.3, -0.25) is 10.2 Å². The summed E-state index contributed by atoms with van der Waals surface area (Å²) in [7, 11) is 0. The van der Waals surface area contributed by atoms with Gasteiger partial charge in [-0.05, 0) is 35.9 Å². The van der Waals surface area contributed by atoms with Gasteiger partial charge < -0.3 is 14.6 Å². The number of hydrogen-bond donors (Lipinski definition) is 2. The van der Waals surface area contributed by atoms with E-state index in [1.165, 1.54) is 12.1 Å². The Morgan fingerprint density at radius 2 is 1.77 bits per heavy atom. The molecule has 30 heavy (non-hydrogen) atoms. The molecule has 0 spiro atoms. The molecular weight excluding hydrogens is 425 g/mol. The smallest absolute Gasteiger partial charge is 0.417 e. The number of rotatable bonds is 5. The highest BCUT2D eigenvalue weighted by Gasteiger charge is 2.36. The molecule has 3 rings (SSSR count). The van der Waals surface area contributed by atoms with Crippen LogP contribution in [-0.4, -0.2) is 41.3 Å². The summed E-state index contributed by atoms with van der Waals surface area (Å²) in [5.41, 5.74) is 1.18. The summed E-state index contributed by atoms with van der Waals surface area (Å²) >= 11 is 6.17. The Bertz CT molecular complexity index is 869. The number of benzene rings is 2. The third-order valence-electron chi connectivity index (χ3n) is 4.61. The Balaban J connectivity index is 1.48. The molecule has 1 fully saturated rings. The number of ether oxygens (including phenoxy) is 2. The molecule has 1 aliphatic rings. The summed E-state index contributed by atoms with van der Waals surface area (Å²) in [6, 6.07) is 12.1. The van der Waals surface area contributed by atoms with Gasteiger partial charge in [0.1, 0.15) is 5.75 Å². The minimum Gasteiger partial charge on any atom is -0.417 e. The molecule has 10 heteroatoms. The van der Waals surface area contributed by atoms with Crippen LogP contribution in [0.4, 0.5) is 23.7 Å². The predicted molar refractivity (Wildman–Crippen MR) is 104 cm³/mol. The van der Waals surface area contributed by atoms with Crippen LogP contribution in [0.3, 0.4) is 0 Å². The number of hydrogen-bond acceptors (Lipinski definition) is 5. The zero-order chi connectivity index (χ0) is 21.8. The first-order chi connectivity index (χ1) is 14.1. The SMILES string of the molecule is O=C(Nc1ccc(OC(F)(F)F)cc1)OC1(O)CCN(Cc2ccccc2Cl)CC1. The number of nitrogens with zero attached hydrogens (tertiary/aromatic N) is 1. The molecule has 2 aromatic rings. The van der Waals surface area contributed by atoms with E-state index >= 15 is 0 Å². The summed E-state index contributed by atoms with van der Waals surface area (Å²) in [6.45, 7) is 1.62. The summed E-state index contributed by atoms with van der Waals surface area (Å²) in [4.78, 5) is 14.2. The average molecular weight is 445 g/mol. The summed E-state index contributed by atoms with van der Waals surface area (Å²) < 4.78 is 45.4. The van der Waals surface area contributed by atoms with Crippen LogP contribution >= 0.6 is 11.6 Å². The van der Waals surface area contributed by atoms with Gasteiger partial charge >= 0.3 is 12.5 Å². The number of carbonyl (C=O) groups excluding carboxylic acids is 1. The van der Waals surface area contributed by atoms with Gasteiger partial charge in [-0.15, -0.1) is 13.2 Å². The number of alkyl halides is 3. The molecule has 0 saturated carbocycles. The molecule has 1 heterocycles. The molecule has 0 aliphatic carbocycles. The van der Waals surface area contributed by atoms with Crippen LogP contribution in [0.25, 0.3) is 0 Å². The lowest BCUT2D eigenvalue weighted by Gasteiger charge is -2.37. The van der Waals surface area contributed by atoms with E-state index in [1.54, 1.807) is 0 Å². The van der Waals surface area contributed by atoms with E-state index in [1.807, 2.05) is 24.3 Å². The topological polar surface area (TPSA) is 71.0 Å². The van der Waals surface area contributed by atoms with Crippen molar-refractivity contribution in [2.45, 2.75) is 31.5 Å². The fourth-order valence-corrected chi connectivity index (χ4v) is 3.28. The second kappa shape index (κ2) is 9.11. The molecule has 1 amide bonds. The monoisotopic (exact) mass is 444 g/mol. The van der Waals surface area contributed by atoms with Gasteiger partial charge in [0.25, 0.3) is 0 Å². The minimum absolute atomic E-state index is 0.203. The van der Waals surface area contributed by atoms with Crippen molar-refractivity contribution in [1.29, 1.82) is 0 Å². The van der Waals surface area contributed by atoms with Gasteiger partial charge in [0.2, 0.25) is 5.79 Å². The Hall–Kier alpha value is -2.49. The lowest BCUT2D eigenvalue weighted by molar-refractivity contribution is -0.274. The fourth-order valence-electron chi connectivity index (χ4n) is 3.09. The molecule has 0 atom stereocenters. The van der Waals surface area contributed by atoms with E-state index in [4.69, 9.17) is 16.3 Å². The predicted octanol–water partition coefficient (Wildman–Crippen LogP) is 4.77. The van der Waals surface area contributed by atoms with Crippen molar-refractivity contribution >= 4 is 23.4 Å². The van der Waals surface area contributed by atoms with Crippen LogP contribution in [-0.2, 0) is 11.3 Å². The van der Waals surface area contributed by atoms with Crippen molar-refractivity contribution in [2.75, 3.05) is 18.4 Å². The lowest BCUT2D eigenvalue weighted by Crippen LogP contribution is -2.47. The summed E-state index contributed by atoms with van der Waals surface area (Å²) in [5.74, 6) is -2.04. The third kappa shape index (κ3) is 6.51. The van der Waals surface area contributed by atoms with E-state index in [-0.39, 0.29) is 18.5 Å². The van der Waals surface area contributed by atoms with Crippen LogP contribution in [0.5, 0.6) is 5.75 Å². The van der Waals surface area contributed by atoms with Gasteiger partial charge in [0, 0.05) is 43.2 Å². The lowest BCUT2D eigenvalue weighted by atomic mass is 10.0. The molecule has 0 aromatic heterocycles. The number of carbonyl (C=O) groups is 1. The molecule has 2 N–H and O–H groups in total. The highest BCUT2D eigenvalue weighted by atomic mass is 35.5. The highest BCUT2D eigenvalue weighted by molar-refractivity contribution is 6.31. The quantitative estimate of drug-likeness (QED) is 0.650. The summed E-state index contributed by atoms with van der Waals surface area (Å²) in [6.07, 6.45) is -5.27. The highest BCUT2D eigenvalue weighted by Crippen LogP contribution is 2.27. The van der Waals surface area contributed by atoms with Crippen molar-refractivity contribution in [3.05, 3.63) is 59.1 Å². The van der Waals surface area contributed by atoms with Gasteiger partial charge in [0.15, 0.2) is 0 Å². The molecule has 0 radical (unpaired) electrons. The van der Waals surface area contributed by atoms with E-state index in [0.29, 0.717) is 24.7 Å². The maximum atomic E-state index is 12.2. The maximum absolute atomic E-state index is 12.2. The van der Waals surface area contributed by atoms with Crippen LogP contribution in [0.2, 0.25) is 5.02 Å². The first-order valence-electron chi connectivity index (χ1n) is 9.16. The molecule has 6 nitrogen and oxygen atoms in total. The molecule has 0 bridgehead atoms. The Kier molecular flexibility index (Phi) is 6.74. The minimum atomic E-state index is -4.79.